The minimum Gasteiger partial charge on any atom is -0.250 e. The molecule has 0 atom stereocenters. The van der Waals surface area contributed by atoms with Gasteiger partial charge >= 0.3 is 0 Å². The van der Waals surface area contributed by atoms with Crippen LogP contribution >= 0.6 is 11.3 Å². The van der Waals surface area contributed by atoms with E-state index in [4.69, 9.17) is 0 Å². The highest BCUT2D eigenvalue weighted by Gasteiger charge is 2.17. The molecular weight excluding hydrogens is 142 g/mol. The van der Waals surface area contributed by atoms with Gasteiger partial charge in [0.2, 0.25) is 0 Å². The van der Waals surface area contributed by atoms with Crippen LogP contribution in [0.1, 0.15) is 25.0 Å². The molecular formula is C8H11NS. The van der Waals surface area contributed by atoms with Gasteiger partial charge in [-0.25, -0.2) is 4.98 Å². The van der Waals surface area contributed by atoms with Crippen LogP contribution in [0.15, 0.2) is 10.9 Å². The Balaban J connectivity index is 1.90. The third-order valence-corrected chi connectivity index (χ3v) is 2.84. The number of thiazole rings is 1. The Morgan fingerprint density at radius 2 is 2.50 bits per heavy atom. The third kappa shape index (κ3) is 1.21. The maximum atomic E-state index is 4.26. The molecule has 10 heavy (non-hydrogen) atoms. The van der Waals surface area contributed by atoms with E-state index in [9.17, 15) is 0 Å². The molecule has 0 bridgehead atoms. The van der Waals surface area contributed by atoms with Crippen molar-refractivity contribution in [3.8, 4) is 0 Å². The van der Waals surface area contributed by atoms with Crippen molar-refractivity contribution in [2.75, 3.05) is 0 Å². The summed E-state index contributed by atoms with van der Waals surface area (Å²) >= 11 is 1.71. The van der Waals surface area contributed by atoms with Gasteiger partial charge in [0.1, 0.15) is 0 Å². The van der Waals surface area contributed by atoms with E-state index in [1.54, 1.807) is 11.3 Å². The fourth-order valence-electron chi connectivity index (χ4n) is 1.33. The van der Waals surface area contributed by atoms with Crippen molar-refractivity contribution >= 4 is 11.3 Å². The van der Waals surface area contributed by atoms with Crippen LogP contribution in [-0.2, 0) is 6.42 Å². The van der Waals surface area contributed by atoms with Crippen molar-refractivity contribution < 1.29 is 0 Å². The molecule has 0 spiro atoms. The monoisotopic (exact) mass is 153 g/mol. The van der Waals surface area contributed by atoms with Gasteiger partial charge in [-0.05, 0) is 12.3 Å². The molecule has 0 aliphatic heterocycles. The van der Waals surface area contributed by atoms with Crippen LogP contribution in [0, 0.1) is 5.92 Å². The second kappa shape index (κ2) is 2.70. The lowest BCUT2D eigenvalue weighted by atomic mass is 9.82. The number of hydrogen-bond donors (Lipinski definition) is 0. The molecule has 1 saturated carbocycles. The molecule has 1 fully saturated rings. The van der Waals surface area contributed by atoms with E-state index in [2.05, 4.69) is 10.4 Å². The summed E-state index contributed by atoms with van der Waals surface area (Å²) in [6, 6.07) is 0. The molecule has 1 aliphatic rings. The number of nitrogens with zero attached hydrogens (tertiary/aromatic N) is 1. The van der Waals surface area contributed by atoms with E-state index in [0.717, 1.165) is 5.92 Å². The van der Waals surface area contributed by atoms with Gasteiger partial charge in [-0.3, -0.25) is 0 Å². The second-order valence-corrected chi connectivity index (χ2v) is 3.70. The maximum absolute atomic E-state index is 4.26. The first-order valence-electron chi connectivity index (χ1n) is 3.82. The van der Waals surface area contributed by atoms with Crippen molar-refractivity contribution in [3.63, 3.8) is 0 Å². The predicted molar refractivity (Wildman–Crippen MR) is 43.2 cm³/mol. The van der Waals surface area contributed by atoms with E-state index in [0.29, 0.717) is 0 Å². The molecule has 1 aromatic heterocycles. The van der Waals surface area contributed by atoms with Crippen LogP contribution in [0.2, 0.25) is 0 Å². The normalized spacial score (nSPS) is 18.8. The molecule has 1 heterocycles. The smallest absolute Gasteiger partial charge is 0.0794 e. The van der Waals surface area contributed by atoms with E-state index in [1.165, 1.54) is 31.4 Å². The van der Waals surface area contributed by atoms with Crippen LogP contribution in [0.3, 0.4) is 0 Å². The van der Waals surface area contributed by atoms with Gasteiger partial charge in [0.25, 0.3) is 0 Å². The summed E-state index contributed by atoms with van der Waals surface area (Å²) < 4.78 is 0. The predicted octanol–water partition coefficient (Wildman–Crippen LogP) is 2.49. The summed E-state index contributed by atoms with van der Waals surface area (Å²) in [5, 5.41) is 2.16. The van der Waals surface area contributed by atoms with Crippen LogP contribution in [0.5, 0.6) is 0 Å². The maximum Gasteiger partial charge on any atom is 0.0794 e. The van der Waals surface area contributed by atoms with Gasteiger partial charge in [0, 0.05) is 5.38 Å². The molecule has 0 N–H and O–H groups in total. The Morgan fingerprint density at radius 3 is 3.00 bits per heavy atom. The minimum atomic E-state index is 0.960. The molecule has 0 aromatic carbocycles. The van der Waals surface area contributed by atoms with Crippen LogP contribution in [0.4, 0.5) is 0 Å². The van der Waals surface area contributed by atoms with Crippen molar-refractivity contribution in [3.05, 3.63) is 16.6 Å². The average Bonchev–Trinajstić information content (AvgIpc) is 2.29. The van der Waals surface area contributed by atoms with Gasteiger partial charge in [-0.1, -0.05) is 19.3 Å². The Morgan fingerprint density at radius 1 is 1.60 bits per heavy atom. The summed E-state index contributed by atoms with van der Waals surface area (Å²) in [4.78, 5) is 4.26. The first-order chi connectivity index (χ1) is 4.95. The zero-order valence-corrected chi connectivity index (χ0v) is 6.73. The number of rotatable bonds is 2. The first-order valence-corrected chi connectivity index (χ1v) is 4.76. The minimum absolute atomic E-state index is 0.960. The molecule has 2 rings (SSSR count). The van der Waals surface area contributed by atoms with Crippen molar-refractivity contribution in [2.24, 2.45) is 5.92 Å². The standard InChI is InChI=1S/C8H11NS/c1-2-7(3-1)4-8-5-10-6-9-8/h5-7H,1-4H2. The molecule has 1 nitrogen and oxygen atoms in total. The Bertz CT molecular complexity index is 189. The van der Waals surface area contributed by atoms with Crippen LogP contribution in [0.25, 0.3) is 0 Å². The molecule has 2 heteroatoms. The Labute approximate surface area is 65.1 Å². The van der Waals surface area contributed by atoms with E-state index in [1.807, 2.05) is 5.51 Å². The molecule has 0 saturated heterocycles. The molecule has 0 radical (unpaired) electrons. The fraction of sp³-hybridized carbons (Fsp3) is 0.625. The van der Waals surface area contributed by atoms with Gasteiger partial charge in [-0.15, -0.1) is 11.3 Å². The molecule has 0 amide bonds. The highest BCUT2D eigenvalue weighted by Crippen LogP contribution is 2.29. The Hall–Kier alpha value is -0.370. The summed E-state index contributed by atoms with van der Waals surface area (Å²) in [5.74, 6) is 0.960. The highest BCUT2D eigenvalue weighted by atomic mass is 32.1. The first kappa shape index (κ1) is 6.35. The van der Waals surface area contributed by atoms with E-state index < -0.39 is 0 Å². The van der Waals surface area contributed by atoms with Crippen molar-refractivity contribution in [1.29, 1.82) is 0 Å². The highest BCUT2D eigenvalue weighted by molar-refractivity contribution is 7.07. The lowest BCUT2D eigenvalue weighted by molar-refractivity contribution is 0.312. The van der Waals surface area contributed by atoms with Gasteiger partial charge in [-0.2, -0.15) is 0 Å². The van der Waals surface area contributed by atoms with Crippen LogP contribution < -0.4 is 0 Å². The summed E-state index contributed by atoms with van der Waals surface area (Å²) in [5.41, 5.74) is 3.23. The number of hydrogen-bond acceptors (Lipinski definition) is 2. The van der Waals surface area contributed by atoms with E-state index in [-0.39, 0.29) is 0 Å². The van der Waals surface area contributed by atoms with Gasteiger partial charge in [0.15, 0.2) is 0 Å². The fourth-order valence-corrected chi connectivity index (χ4v) is 1.90. The quantitative estimate of drug-likeness (QED) is 0.636. The zero-order valence-electron chi connectivity index (χ0n) is 5.92. The summed E-state index contributed by atoms with van der Waals surface area (Å²) in [6.07, 6.45) is 5.52. The van der Waals surface area contributed by atoms with Crippen molar-refractivity contribution in [1.82, 2.24) is 4.98 Å². The van der Waals surface area contributed by atoms with Gasteiger partial charge < -0.3 is 0 Å². The molecule has 1 aliphatic carbocycles. The molecule has 0 unspecified atom stereocenters. The summed E-state index contributed by atoms with van der Waals surface area (Å²) in [6.45, 7) is 0. The van der Waals surface area contributed by atoms with Gasteiger partial charge in [0.05, 0.1) is 11.2 Å². The molecule has 54 valence electrons. The SMILES string of the molecule is c1nc(CC2CCC2)cs1. The average molecular weight is 153 g/mol. The summed E-state index contributed by atoms with van der Waals surface area (Å²) in [7, 11) is 0. The zero-order chi connectivity index (χ0) is 6.81. The lowest BCUT2D eigenvalue weighted by Crippen LogP contribution is -2.13. The largest absolute Gasteiger partial charge is 0.250 e. The topological polar surface area (TPSA) is 12.9 Å². The molecule has 1 aromatic rings. The van der Waals surface area contributed by atoms with Crippen molar-refractivity contribution in [2.45, 2.75) is 25.7 Å². The third-order valence-electron chi connectivity index (χ3n) is 2.21. The van der Waals surface area contributed by atoms with Crippen LogP contribution in [-0.4, -0.2) is 4.98 Å². The Kier molecular flexibility index (Phi) is 1.72. The van der Waals surface area contributed by atoms with E-state index >= 15 is 0 Å². The second-order valence-electron chi connectivity index (χ2n) is 2.98. The lowest BCUT2D eigenvalue weighted by Gasteiger charge is -2.24. The number of aromatic nitrogens is 1.